The summed E-state index contributed by atoms with van der Waals surface area (Å²) in [6.07, 6.45) is 0.617. The lowest BCUT2D eigenvalue weighted by Crippen LogP contribution is -2.45. The molecule has 26 heavy (non-hydrogen) atoms. The molecule has 0 radical (unpaired) electrons. The molecular formula is C19H18FNO4S. The molecule has 1 spiro atoms. The Morgan fingerprint density at radius 2 is 1.96 bits per heavy atom. The Kier molecular flexibility index (Phi) is 4.08. The molecule has 1 unspecified atom stereocenters. The van der Waals surface area contributed by atoms with E-state index in [-0.39, 0.29) is 31.0 Å². The number of hydrogen-bond donors (Lipinski definition) is 0. The molecule has 5 nitrogen and oxygen atoms in total. The molecule has 136 valence electrons. The fourth-order valence-electron chi connectivity index (χ4n) is 3.64. The van der Waals surface area contributed by atoms with Crippen molar-refractivity contribution < 1.29 is 22.3 Å². The number of hydrogen-bond acceptors (Lipinski definition) is 4. The number of Topliss-reactive ketones (excluding diaryl/α,β-unsaturated/α-hetero) is 1. The lowest BCUT2D eigenvalue weighted by Gasteiger charge is -2.34. The lowest BCUT2D eigenvalue weighted by atomic mass is 9.89. The van der Waals surface area contributed by atoms with Crippen LogP contribution < -0.4 is 4.74 Å². The van der Waals surface area contributed by atoms with Gasteiger partial charge in [-0.15, -0.1) is 0 Å². The monoisotopic (exact) mass is 375 g/mol. The van der Waals surface area contributed by atoms with Crippen LogP contribution >= 0.6 is 0 Å². The second kappa shape index (κ2) is 6.17. The summed E-state index contributed by atoms with van der Waals surface area (Å²) in [6, 6.07) is 12.6. The fourth-order valence-corrected chi connectivity index (χ4v) is 5.23. The van der Waals surface area contributed by atoms with Crippen LogP contribution in [0.25, 0.3) is 0 Å². The van der Waals surface area contributed by atoms with Crippen molar-refractivity contribution in [2.75, 3.05) is 13.1 Å². The number of carbonyl (C=O) groups excluding carboxylic acids is 1. The number of halogens is 1. The van der Waals surface area contributed by atoms with Gasteiger partial charge in [0, 0.05) is 13.0 Å². The minimum absolute atomic E-state index is 0.0313. The molecule has 1 saturated heterocycles. The standard InChI is InChI=1S/C19H18FNO4S/c20-15-5-3-4-14(10-15)12-26(23,24)21-9-8-19(13-21)11-17(22)16-6-1-2-7-18(16)25-19/h1-7,10H,8-9,11-13H2. The normalized spacial score (nSPS) is 23.0. The van der Waals surface area contributed by atoms with Crippen LogP contribution in [0, 0.1) is 5.82 Å². The number of sulfonamides is 1. The molecule has 0 saturated carbocycles. The minimum atomic E-state index is -3.62. The summed E-state index contributed by atoms with van der Waals surface area (Å²) >= 11 is 0. The molecule has 4 rings (SSSR count). The first-order valence-corrected chi connectivity index (χ1v) is 10.0. The molecule has 0 aliphatic carbocycles. The second-order valence-corrected chi connectivity index (χ2v) is 8.82. The highest BCUT2D eigenvalue weighted by molar-refractivity contribution is 7.88. The second-order valence-electron chi connectivity index (χ2n) is 6.85. The van der Waals surface area contributed by atoms with Gasteiger partial charge in [0.05, 0.1) is 24.3 Å². The van der Waals surface area contributed by atoms with Gasteiger partial charge in [0.15, 0.2) is 5.78 Å². The summed E-state index contributed by atoms with van der Waals surface area (Å²) in [5, 5.41) is 0. The maximum Gasteiger partial charge on any atom is 0.218 e. The Labute approximate surface area is 151 Å². The van der Waals surface area contributed by atoms with E-state index in [0.29, 0.717) is 23.3 Å². The van der Waals surface area contributed by atoms with Crippen molar-refractivity contribution in [2.45, 2.75) is 24.2 Å². The third kappa shape index (κ3) is 3.12. The quantitative estimate of drug-likeness (QED) is 0.828. The predicted molar refractivity (Wildman–Crippen MR) is 94.0 cm³/mol. The maximum absolute atomic E-state index is 13.3. The molecule has 0 aromatic heterocycles. The molecule has 2 aliphatic heterocycles. The largest absolute Gasteiger partial charge is 0.485 e. The highest BCUT2D eigenvalue weighted by Crippen LogP contribution is 2.39. The van der Waals surface area contributed by atoms with E-state index < -0.39 is 21.4 Å². The van der Waals surface area contributed by atoms with Crippen LogP contribution in [0.4, 0.5) is 4.39 Å². The lowest BCUT2D eigenvalue weighted by molar-refractivity contribution is 0.0498. The SMILES string of the molecule is O=C1CC2(CCN(S(=O)(=O)Cc3cccc(F)c3)C2)Oc2ccccc21. The molecule has 0 bridgehead atoms. The van der Waals surface area contributed by atoms with Gasteiger partial charge in [0.2, 0.25) is 10.0 Å². The zero-order valence-electron chi connectivity index (χ0n) is 14.0. The molecule has 2 aromatic carbocycles. The van der Waals surface area contributed by atoms with Crippen LogP contribution in [0.15, 0.2) is 48.5 Å². The molecule has 2 aliphatic rings. The Bertz CT molecular complexity index is 975. The third-order valence-corrected chi connectivity index (χ3v) is 6.71. The van der Waals surface area contributed by atoms with Gasteiger partial charge in [-0.3, -0.25) is 4.79 Å². The van der Waals surface area contributed by atoms with Crippen molar-refractivity contribution in [1.82, 2.24) is 4.31 Å². The number of para-hydroxylation sites is 1. The van der Waals surface area contributed by atoms with Crippen molar-refractivity contribution in [1.29, 1.82) is 0 Å². The maximum atomic E-state index is 13.3. The number of fused-ring (bicyclic) bond motifs is 1. The summed E-state index contributed by atoms with van der Waals surface area (Å²) in [5.41, 5.74) is 0.122. The summed E-state index contributed by atoms with van der Waals surface area (Å²) in [6.45, 7) is 0.415. The molecule has 7 heteroatoms. The molecule has 2 heterocycles. The molecule has 1 fully saturated rings. The Balaban J connectivity index is 1.54. The van der Waals surface area contributed by atoms with Crippen molar-refractivity contribution in [3.8, 4) is 5.75 Å². The number of carbonyl (C=O) groups is 1. The minimum Gasteiger partial charge on any atom is -0.485 e. The van der Waals surface area contributed by atoms with Crippen molar-refractivity contribution in [2.24, 2.45) is 0 Å². The van der Waals surface area contributed by atoms with E-state index in [1.54, 1.807) is 30.3 Å². The number of nitrogens with zero attached hydrogens (tertiary/aromatic N) is 1. The first-order valence-electron chi connectivity index (χ1n) is 8.40. The molecular weight excluding hydrogens is 357 g/mol. The average Bonchev–Trinajstić information content (AvgIpc) is 2.98. The fraction of sp³-hybridized carbons (Fsp3) is 0.316. The zero-order valence-corrected chi connectivity index (χ0v) is 14.8. The van der Waals surface area contributed by atoms with E-state index in [1.807, 2.05) is 0 Å². The zero-order chi connectivity index (χ0) is 18.4. The van der Waals surface area contributed by atoms with Gasteiger partial charge in [-0.1, -0.05) is 24.3 Å². The van der Waals surface area contributed by atoms with Gasteiger partial charge in [-0.2, -0.15) is 4.31 Å². The van der Waals surface area contributed by atoms with Crippen LogP contribution in [-0.4, -0.2) is 37.2 Å². The highest BCUT2D eigenvalue weighted by atomic mass is 32.2. The van der Waals surface area contributed by atoms with Gasteiger partial charge in [-0.25, -0.2) is 12.8 Å². The topological polar surface area (TPSA) is 63.7 Å². The van der Waals surface area contributed by atoms with Gasteiger partial charge in [0.1, 0.15) is 17.2 Å². The first kappa shape index (κ1) is 17.2. The van der Waals surface area contributed by atoms with E-state index in [2.05, 4.69) is 0 Å². The van der Waals surface area contributed by atoms with E-state index in [1.165, 1.54) is 22.5 Å². The van der Waals surface area contributed by atoms with E-state index in [4.69, 9.17) is 4.74 Å². The number of benzene rings is 2. The van der Waals surface area contributed by atoms with E-state index in [0.717, 1.165) is 0 Å². The van der Waals surface area contributed by atoms with E-state index >= 15 is 0 Å². The number of rotatable bonds is 3. The summed E-state index contributed by atoms with van der Waals surface area (Å²) in [4.78, 5) is 12.4. The van der Waals surface area contributed by atoms with Crippen LogP contribution in [-0.2, 0) is 15.8 Å². The van der Waals surface area contributed by atoms with Crippen molar-refractivity contribution >= 4 is 15.8 Å². The van der Waals surface area contributed by atoms with Gasteiger partial charge in [0.25, 0.3) is 0 Å². The Morgan fingerprint density at radius 3 is 2.77 bits per heavy atom. The van der Waals surface area contributed by atoms with Gasteiger partial charge in [-0.05, 0) is 29.8 Å². The number of ketones is 1. The van der Waals surface area contributed by atoms with E-state index in [9.17, 15) is 17.6 Å². The predicted octanol–water partition coefficient (Wildman–Crippen LogP) is 2.77. The van der Waals surface area contributed by atoms with Gasteiger partial charge < -0.3 is 4.74 Å². The van der Waals surface area contributed by atoms with Crippen LogP contribution in [0.5, 0.6) is 5.75 Å². The van der Waals surface area contributed by atoms with Crippen LogP contribution in [0.3, 0.4) is 0 Å². The summed E-state index contributed by atoms with van der Waals surface area (Å²) < 4.78 is 46.2. The van der Waals surface area contributed by atoms with Gasteiger partial charge >= 0.3 is 0 Å². The average molecular weight is 375 g/mol. The molecule has 0 amide bonds. The third-order valence-electron chi connectivity index (χ3n) is 4.91. The smallest absolute Gasteiger partial charge is 0.218 e. The molecule has 1 atom stereocenters. The summed E-state index contributed by atoms with van der Waals surface area (Å²) in [5.74, 6) is -0.261. The number of ether oxygens (including phenoxy) is 1. The Morgan fingerprint density at radius 1 is 1.15 bits per heavy atom. The van der Waals surface area contributed by atoms with Crippen molar-refractivity contribution in [3.05, 3.63) is 65.5 Å². The summed E-state index contributed by atoms with van der Waals surface area (Å²) in [7, 11) is -3.62. The Hall–Kier alpha value is -2.25. The van der Waals surface area contributed by atoms with Crippen LogP contribution in [0.2, 0.25) is 0 Å². The highest BCUT2D eigenvalue weighted by Gasteiger charge is 2.48. The molecule has 2 aromatic rings. The first-order chi connectivity index (χ1) is 12.4. The van der Waals surface area contributed by atoms with Crippen molar-refractivity contribution in [3.63, 3.8) is 0 Å². The molecule has 0 N–H and O–H groups in total. The van der Waals surface area contributed by atoms with Crippen LogP contribution in [0.1, 0.15) is 28.8 Å².